The number of primary amides is 1. The van der Waals surface area contributed by atoms with Crippen LogP contribution in [0, 0.1) is 0 Å². The van der Waals surface area contributed by atoms with E-state index in [-0.39, 0.29) is 12.3 Å². The standard InChI is InChI=1S/C14H25N5O/c1-18(2)8-5-9-19-14(11-6-3-4-7-11)12(16-17-19)10-13(15)20/h11H,3-10H2,1-2H3,(H2,15,20). The zero-order valence-corrected chi connectivity index (χ0v) is 12.5. The van der Waals surface area contributed by atoms with Gasteiger partial charge in [-0.05, 0) is 39.9 Å². The Morgan fingerprint density at radius 3 is 2.70 bits per heavy atom. The maximum absolute atomic E-state index is 11.2. The maximum atomic E-state index is 11.2. The molecule has 20 heavy (non-hydrogen) atoms. The number of nitrogens with zero attached hydrogens (tertiary/aromatic N) is 4. The van der Waals surface area contributed by atoms with Crippen molar-refractivity contribution in [1.82, 2.24) is 19.9 Å². The highest BCUT2D eigenvalue weighted by Gasteiger charge is 2.26. The van der Waals surface area contributed by atoms with E-state index in [4.69, 9.17) is 5.73 Å². The summed E-state index contributed by atoms with van der Waals surface area (Å²) < 4.78 is 2.00. The summed E-state index contributed by atoms with van der Waals surface area (Å²) in [7, 11) is 4.13. The van der Waals surface area contributed by atoms with E-state index >= 15 is 0 Å². The van der Waals surface area contributed by atoms with E-state index in [1.165, 1.54) is 25.7 Å². The summed E-state index contributed by atoms with van der Waals surface area (Å²) in [6, 6.07) is 0. The molecule has 1 aromatic rings. The lowest BCUT2D eigenvalue weighted by Gasteiger charge is -2.14. The van der Waals surface area contributed by atoms with Crippen molar-refractivity contribution in [2.24, 2.45) is 5.73 Å². The molecule has 1 saturated carbocycles. The quantitative estimate of drug-likeness (QED) is 0.805. The topological polar surface area (TPSA) is 77.0 Å². The van der Waals surface area contributed by atoms with Crippen molar-refractivity contribution in [2.45, 2.75) is 51.0 Å². The molecule has 1 fully saturated rings. The molecule has 0 unspecified atom stereocenters. The average Bonchev–Trinajstić information content (AvgIpc) is 2.97. The van der Waals surface area contributed by atoms with Crippen molar-refractivity contribution in [3.63, 3.8) is 0 Å². The fourth-order valence-electron chi connectivity index (χ4n) is 2.99. The van der Waals surface area contributed by atoms with Gasteiger partial charge in [0.05, 0.1) is 17.8 Å². The van der Waals surface area contributed by atoms with Crippen molar-refractivity contribution in [2.75, 3.05) is 20.6 Å². The van der Waals surface area contributed by atoms with Crippen molar-refractivity contribution >= 4 is 5.91 Å². The van der Waals surface area contributed by atoms with E-state index in [2.05, 4.69) is 29.3 Å². The predicted octanol–water partition coefficient (Wildman–Crippen LogP) is 0.915. The van der Waals surface area contributed by atoms with Crippen LogP contribution in [0.15, 0.2) is 0 Å². The highest BCUT2D eigenvalue weighted by molar-refractivity contribution is 5.76. The van der Waals surface area contributed by atoms with Gasteiger partial charge in [-0.25, -0.2) is 4.68 Å². The Morgan fingerprint density at radius 2 is 2.10 bits per heavy atom. The summed E-state index contributed by atoms with van der Waals surface area (Å²) in [6.45, 7) is 1.88. The van der Waals surface area contributed by atoms with Crippen LogP contribution in [0.1, 0.15) is 49.4 Å². The van der Waals surface area contributed by atoms with E-state index in [0.717, 1.165) is 30.9 Å². The second kappa shape index (κ2) is 6.83. The van der Waals surface area contributed by atoms with E-state index in [9.17, 15) is 4.79 Å². The van der Waals surface area contributed by atoms with Crippen LogP contribution < -0.4 is 5.73 Å². The van der Waals surface area contributed by atoms with Gasteiger partial charge in [0.15, 0.2) is 0 Å². The molecule has 0 saturated heterocycles. The molecule has 1 aliphatic carbocycles. The third-order valence-corrected chi connectivity index (χ3v) is 3.91. The molecule has 0 bridgehead atoms. The molecule has 6 heteroatoms. The molecule has 112 valence electrons. The van der Waals surface area contributed by atoms with Crippen LogP contribution in [0.2, 0.25) is 0 Å². The zero-order chi connectivity index (χ0) is 14.5. The second-order valence-electron chi connectivity index (χ2n) is 5.93. The van der Waals surface area contributed by atoms with Crippen molar-refractivity contribution in [3.8, 4) is 0 Å². The molecule has 1 aromatic heterocycles. The smallest absolute Gasteiger partial charge is 0.223 e. The molecule has 2 rings (SSSR count). The first-order valence-electron chi connectivity index (χ1n) is 7.43. The number of hydrogen-bond donors (Lipinski definition) is 1. The van der Waals surface area contributed by atoms with E-state index in [1.54, 1.807) is 0 Å². The molecule has 0 atom stereocenters. The number of carbonyl (C=O) groups excluding carboxylic acids is 1. The minimum atomic E-state index is -0.329. The van der Waals surface area contributed by atoms with Crippen LogP contribution in [-0.2, 0) is 17.8 Å². The molecule has 0 spiro atoms. The first kappa shape index (κ1) is 15.0. The van der Waals surface area contributed by atoms with Crippen LogP contribution in [0.5, 0.6) is 0 Å². The monoisotopic (exact) mass is 279 g/mol. The first-order valence-corrected chi connectivity index (χ1v) is 7.43. The molecular weight excluding hydrogens is 254 g/mol. The number of nitrogens with two attached hydrogens (primary N) is 1. The Labute approximate surface area is 120 Å². The minimum absolute atomic E-state index is 0.208. The van der Waals surface area contributed by atoms with Crippen LogP contribution in [0.25, 0.3) is 0 Å². The zero-order valence-electron chi connectivity index (χ0n) is 12.5. The van der Waals surface area contributed by atoms with E-state index in [0.29, 0.717) is 5.92 Å². The number of hydrogen-bond acceptors (Lipinski definition) is 4. The summed E-state index contributed by atoms with van der Waals surface area (Å²) in [4.78, 5) is 13.4. The number of aryl methyl sites for hydroxylation is 1. The fraction of sp³-hybridized carbons (Fsp3) is 0.786. The molecule has 0 radical (unpaired) electrons. The average molecular weight is 279 g/mol. The third-order valence-electron chi connectivity index (χ3n) is 3.91. The number of aromatic nitrogens is 3. The first-order chi connectivity index (χ1) is 9.58. The number of amides is 1. The molecular formula is C14H25N5O. The van der Waals surface area contributed by atoms with Crippen molar-refractivity contribution in [1.29, 1.82) is 0 Å². The molecule has 1 aliphatic rings. The van der Waals surface area contributed by atoms with Gasteiger partial charge in [0.1, 0.15) is 0 Å². The lowest BCUT2D eigenvalue weighted by molar-refractivity contribution is -0.117. The van der Waals surface area contributed by atoms with Crippen LogP contribution in [0.4, 0.5) is 0 Å². The van der Waals surface area contributed by atoms with Crippen LogP contribution >= 0.6 is 0 Å². The van der Waals surface area contributed by atoms with Gasteiger partial charge in [-0.1, -0.05) is 18.1 Å². The third kappa shape index (κ3) is 3.79. The van der Waals surface area contributed by atoms with Crippen molar-refractivity contribution in [3.05, 3.63) is 11.4 Å². The van der Waals surface area contributed by atoms with Gasteiger partial charge in [0.25, 0.3) is 0 Å². The second-order valence-corrected chi connectivity index (χ2v) is 5.93. The van der Waals surface area contributed by atoms with Gasteiger partial charge in [0, 0.05) is 12.5 Å². The summed E-state index contributed by atoms with van der Waals surface area (Å²) in [6.07, 6.45) is 6.10. The number of carbonyl (C=O) groups is 1. The van der Waals surface area contributed by atoms with Gasteiger partial charge in [-0.15, -0.1) is 5.10 Å². The molecule has 1 heterocycles. The lowest BCUT2D eigenvalue weighted by Crippen LogP contribution is -2.18. The Bertz CT molecular complexity index is 448. The van der Waals surface area contributed by atoms with Gasteiger partial charge >= 0.3 is 0 Å². The van der Waals surface area contributed by atoms with E-state index in [1.807, 2.05) is 4.68 Å². The molecule has 2 N–H and O–H groups in total. The van der Waals surface area contributed by atoms with Gasteiger partial charge in [-0.2, -0.15) is 0 Å². The number of rotatable bonds is 7. The minimum Gasteiger partial charge on any atom is -0.369 e. The highest BCUT2D eigenvalue weighted by atomic mass is 16.1. The molecule has 0 aliphatic heterocycles. The summed E-state index contributed by atoms with van der Waals surface area (Å²) in [5, 5.41) is 8.45. The Balaban J connectivity index is 2.13. The highest BCUT2D eigenvalue weighted by Crippen LogP contribution is 2.35. The van der Waals surface area contributed by atoms with Gasteiger partial charge < -0.3 is 10.6 Å². The lowest BCUT2D eigenvalue weighted by atomic mass is 10.0. The van der Waals surface area contributed by atoms with Crippen LogP contribution in [0.3, 0.4) is 0 Å². The largest absolute Gasteiger partial charge is 0.369 e. The molecule has 6 nitrogen and oxygen atoms in total. The Morgan fingerprint density at radius 1 is 1.40 bits per heavy atom. The summed E-state index contributed by atoms with van der Waals surface area (Å²) in [5.74, 6) is 0.170. The SMILES string of the molecule is CN(C)CCCn1nnc(CC(N)=O)c1C1CCCC1. The molecule has 1 amide bonds. The molecule has 0 aromatic carbocycles. The Kier molecular flexibility index (Phi) is 5.11. The Hall–Kier alpha value is -1.43. The van der Waals surface area contributed by atoms with Gasteiger partial charge in [-0.3, -0.25) is 4.79 Å². The fourth-order valence-corrected chi connectivity index (χ4v) is 2.99. The predicted molar refractivity (Wildman–Crippen MR) is 77.3 cm³/mol. The maximum Gasteiger partial charge on any atom is 0.223 e. The van der Waals surface area contributed by atoms with E-state index < -0.39 is 0 Å². The summed E-state index contributed by atoms with van der Waals surface area (Å²) >= 11 is 0. The summed E-state index contributed by atoms with van der Waals surface area (Å²) in [5.41, 5.74) is 7.26. The van der Waals surface area contributed by atoms with Gasteiger partial charge in [0.2, 0.25) is 5.91 Å². The van der Waals surface area contributed by atoms with Crippen LogP contribution in [-0.4, -0.2) is 46.4 Å². The van der Waals surface area contributed by atoms with Crippen molar-refractivity contribution < 1.29 is 4.79 Å². The normalized spacial score (nSPS) is 16.1.